The summed E-state index contributed by atoms with van der Waals surface area (Å²) in [6, 6.07) is 14.0. The molecule has 0 radical (unpaired) electrons. The standard InChI is InChI=1S/C26H26N10O4S2/c27-23(37)21-19-13-5-1-3-7-15(13)39-11-12-40-16-8-4-2-6-14(16)20-22(24(28)38)42-26-32-30-18(36(26)34-20)10-9-17-29-31-25(41-21)35(17)33-19/h1-8,19-22,33-34H,9-12H2,(H2,27,37)(H2,28,38). The molecule has 2 aromatic carbocycles. The van der Waals surface area contributed by atoms with Gasteiger partial charge in [-0.15, -0.1) is 20.4 Å². The van der Waals surface area contributed by atoms with E-state index in [1.54, 1.807) is 9.35 Å². The molecule has 7 rings (SSSR count). The van der Waals surface area contributed by atoms with Gasteiger partial charge in [0.15, 0.2) is 11.6 Å². The Hall–Kier alpha value is -4.44. The van der Waals surface area contributed by atoms with Gasteiger partial charge in [-0.25, -0.2) is 9.35 Å². The van der Waals surface area contributed by atoms with E-state index in [0.717, 1.165) is 11.1 Å². The molecule has 2 aromatic heterocycles. The van der Waals surface area contributed by atoms with E-state index in [-0.39, 0.29) is 13.2 Å². The monoisotopic (exact) mass is 606 g/mol. The van der Waals surface area contributed by atoms with Crippen LogP contribution >= 0.6 is 23.5 Å². The summed E-state index contributed by atoms with van der Waals surface area (Å²) in [6.45, 7) is 0.447. The summed E-state index contributed by atoms with van der Waals surface area (Å²) in [5.41, 5.74) is 20.0. The third-order valence-corrected chi connectivity index (χ3v) is 9.71. The highest BCUT2D eigenvalue weighted by Gasteiger charge is 2.40. The molecule has 3 aliphatic heterocycles. The van der Waals surface area contributed by atoms with Gasteiger partial charge >= 0.3 is 0 Å². The average molecular weight is 607 g/mol. The molecule has 16 heteroatoms. The predicted octanol–water partition coefficient (Wildman–Crippen LogP) is 0.915. The number of hydrogen-bond donors (Lipinski definition) is 4. The summed E-state index contributed by atoms with van der Waals surface area (Å²) < 4.78 is 15.9. The maximum atomic E-state index is 12.6. The molecular formula is C26H26N10O4S2. The Morgan fingerprint density at radius 3 is 1.57 bits per heavy atom. The minimum Gasteiger partial charge on any atom is -0.490 e. The third-order valence-electron chi connectivity index (χ3n) is 7.25. The van der Waals surface area contributed by atoms with E-state index in [0.29, 0.717) is 46.3 Å². The summed E-state index contributed by atoms with van der Waals surface area (Å²) in [5, 5.41) is 17.2. The second-order valence-corrected chi connectivity index (χ2v) is 12.1. The van der Waals surface area contributed by atoms with Gasteiger partial charge < -0.3 is 31.8 Å². The third kappa shape index (κ3) is 4.65. The van der Waals surface area contributed by atoms with Crippen molar-refractivity contribution in [1.82, 2.24) is 29.7 Å². The van der Waals surface area contributed by atoms with E-state index in [4.69, 9.17) is 20.9 Å². The lowest BCUT2D eigenvalue weighted by atomic mass is 10.0. The van der Waals surface area contributed by atoms with Crippen LogP contribution < -0.4 is 31.8 Å². The van der Waals surface area contributed by atoms with Gasteiger partial charge in [0.2, 0.25) is 22.1 Å². The Labute approximate surface area is 247 Å². The molecule has 5 heterocycles. The largest absolute Gasteiger partial charge is 0.490 e. The van der Waals surface area contributed by atoms with Crippen molar-refractivity contribution >= 4 is 35.3 Å². The fraction of sp³-hybridized carbons (Fsp3) is 0.308. The molecule has 0 fully saturated rings. The number of carbonyl (C=O) groups excluding carboxylic acids is 2. The van der Waals surface area contributed by atoms with E-state index in [9.17, 15) is 9.59 Å². The van der Waals surface area contributed by atoms with E-state index in [1.165, 1.54) is 23.5 Å². The van der Waals surface area contributed by atoms with E-state index in [2.05, 4.69) is 31.2 Å². The average Bonchev–Trinajstić information content (AvgIpc) is 3.59. The number of nitrogens with two attached hydrogens (primary N) is 2. The number of aromatic nitrogens is 6. The summed E-state index contributed by atoms with van der Waals surface area (Å²) in [6.07, 6.45) is 0.918. The van der Waals surface area contributed by atoms with Crippen LogP contribution in [0.2, 0.25) is 0 Å². The summed E-state index contributed by atoms with van der Waals surface area (Å²) >= 11 is 2.51. The Kier molecular flexibility index (Phi) is 6.78. The molecule has 4 bridgehead atoms. The number of nitrogens with one attached hydrogen (secondary N) is 2. The van der Waals surface area contributed by atoms with Gasteiger partial charge in [-0.2, -0.15) is 0 Å². The van der Waals surface area contributed by atoms with Gasteiger partial charge in [-0.1, -0.05) is 59.9 Å². The van der Waals surface area contributed by atoms with Crippen LogP contribution in [0.4, 0.5) is 0 Å². The number of thioether (sulfide) groups is 2. The molecule has 0 saturated heterocycles. The van der Waals surface area contributed by atoms with Crippen LogP contribution in [0.25, 0.3) is 0 Å². The normalized spacial score (nSPS) is 22.9. The van der Waals surface area contributed by atoms with Crippen molar-refractivity contribution in [3.05, 3.63) is 71.3 Å². The Balaban J connectivity index is 1.30. The van der Waals surface area contributed by atoms with Gasteiger partial charge in [-0.05, 0) is 12.1 Å². The molecule has 2 amide bonds. The van der Waals surface area contributed by atoms with E-state index in [1.807, 2.05) is 48.5 Å². The van der Waals surface area contributed by atoms with Crippen LogP contribution in [0, 0.1) is 0 Å². The zero-order valence-electron chi connectivity index (χ0n) is 22.0. The van der Waals surface area contributed by atoms with Crippen LogP contribution in [0.3, 0.4) is 0 Å². The first-order valence-corrected chi connectivity index (χ1v) is 15.0. The van der Waals surface area contributed by atoms with Crippen molar-refractivity contribution in [2.75, 3.05) is 24.1 Å². The first kappa shape index (κ1) is 26.5. The fourth-order valence-corrected chi connectivity index (χ4v) is 7.36. The number of benzene rings is 2. The number of primary amides is 2. The van der Waals surface area contributed by atoms with E-state index < -0.39 is 34.4 Å². The molecule has 0 saturated carbocycles. The van der Waals surface area contributed by atoms with Gasteiger partial charge in [0, 0.05) is 24.0 Å². The molecular weight excluding hydrogens is 580 g/mol. The number of rotatable bonds is 2. The zero-order valence-corrected chi connectivity index (χ0v) is 23.7. The van der Waals surface area contributed by atoms with Crippen LogP contribution in [-0.4, -0.2) is 65.3 Å². The molecule has 14 nitrogen and oxygen atoms in total. The molecule has 4 aromatic rings. The Morgan fingerprint density at radius 2 is 1.14 bits per heavy atom. The first-order valence-electron chi connectivity index (χ1n) is 13.2. The molecule has 6 N–H and O–H groups in total. The van der Waals surface area contributed by atoms with Crippen molar-refractivity contribution in [1.29, 1.82) is 0 Å². The number of carbonyl (C=O) groups is 2. The Morgan fingerprint density at radius 1 is 0.714 bits per heavy atom. The van der Waals surface area contributed by atoms with Crippen molar-refractivity contribution in [2.24, 2.45) is 11.5 Å². The minimum atomic E-state index is -0.645. The highest BCUT2D eigenvalue weighted by Crippen LogP contribution is 2.41. The summed E-state index contributed by atoms with van der Waals surface area (Å²) in [7, 11) is 0. The number of aryl methyl sites for hydroxylation is 2. The maximum Gasteiger partial charge on any atom is 0.233 e. The van der Waals surface area contributed by atoms with E-state index >= 15 is 0 Å². The maximum absolute atomic E-state index is 12.6. The molecule has 3 aliphatic rings. The molecule has 4 atom stereocenters. The number of hydrogen-bond acceptors (Lipinski definition) is 12. The van der Waals surface area contributed by atoms with Crippen LogP contribution in [-0.2, 0) is 22.4 Å². The van der Waals surface area contributed by atoms with Gasteiger partial charge in [0.25, 0.3) is 0 Å². The van der Waals surface area contributed by atoms with Crippen molar-refractivity contribution in [2.45, 2.75) is 45.7 Å². The van der Waals surface area contributed by atoms with Crippen molar-refractivity contribution in [3.63, 3.8) is 0 Å². The van der Waals surface area contributed by atoms with Crippen LogP contribution in [0.5, 0.6) is 11.5 Å². The topological polar surface area (TPSA) is 190 Å². The minimum absolute atomic E-state index is 0.224. The van der Waals surface area contributed by atoms with Gasteiger partial charge in [0.05, 0.1) is 12.1 Å². The van der Waals surface area contributed by atoms with Gasteiger partial charge in [0.1, 0.15) is 35.2 Å². The molecule has 0 spiro atoms. The second-order valence-electron chi connectivity index (χ2n) is 9.84. The highest BCUT2D eigenvalue weighted by atomic mass is 32.2. The molecule has 4 unspecified atom stereocenters. The van der Waals surface area contributed by atoms with Crippen LogP contribution in [0.1, 0.15) is 34.9 Å². The highest BCUT2D eigenvalue weighted by molar-refractivity contribution is 8.00. The fourth-order valence-electron chi connectivity index (χ4n) is 5.29. The zero-order chi connectivity index (χ0) is 28.8. The molecule has 0 aliphatic carbocycles. The van der Waals surface area contributed by atoms with Gasteiger partial charge in [-0.3, -0.25) is 9.59 Å². The quantitative estimate of drug-likeness (QED) is 0.253. The number of ether oxygens (including phenoxy) is 2. The lowest BCUT2D eigenvalue weighted by Gasteiger charge is -2.33. The Bertz CT molecular complexity index is 1550. The second kappa shape index (κ2) is 10.8. The SMILES string of the molecule is NC(=O)C1Sc2nnc3n2NC1c1ccccc1OCCOc1ccccc1C1Nn2c(nnc2SC1C(N)=O)CC3. The smallest absolute Gasteiger partial charge is 0.233 e. The summed E-state index contributed by atoms with van der Waals surface area (Å²) in [4.78, 5) is 25.1. The number of fused-ring (bicyclic) bond motifs is 6. The first-order chi connectivity index (χ1) is 20.5. The number of nitrogens with zero attached hydrogens (tertiary/aromatic N) is 6. The number of amides is 2. The molecule has 42 heavy (non-hydrogen) atoms. The van der Waals surface area contributed by atoms with Crippen molar-refractivity contribution in [3.8, 4) is 11.5 Å². The van der Waals surface area contributed by atoms with Crippen molar-refractivity contribution < 1.29 is 19.1 Å². The number of para-hydroxylation sites is 2. The van der Waals surface area contributed by atoms with Crippen LogP contribution in [0.15, 0.2) is 58.8 Å². The lowest BCUT2D eigenvalue weighted by molar-refractivity contribution is -0.118. The predicted molar refractivity (Wildman–Crippen MR) is 153 cm³/mol. The molecule has 216 valence electrons. The summed E-state index contributed by atoms with van der Waals surface area (Å²) in [5.74, 6) is 1.53. The lowest BCUT2D eigenvalue weighted by Crippen LogP contribution is -2.42.